The van der Waals surface area contributed by atoms with Crippen molar-refractivity contribution in [1.82, 2.24) is 4.90 Å². The number of unbranched alkanes of at least 4 members (excludes halogenated alkanes) is 8. The van der Waals surface area contributed by atoms with Gasteiger partial charge in [-0.05, 0) is 19.3 Å². The molecule has 0 spiro atoms. The zero-order chi connectivity index (χ0) is 22.1. The predicted molar refractivity (Wildman–Crippen MR) is 123 cm³/mol. The van der Waals surface area contributed by atoms with Crippen molar-refractivity contribution in [1.29, 1.82) is 0 Å². The highest BCUT2D eigenvalue weighted by molar-refractivity contribution is 7.72. The van der Waals surface area contributed by atoms with Crippen LogP contribution in [-0.4, -0.2) is 56.0 Å². The summed E-state index contributed by atoms with van der Waals surface area (Å²) < 4.78 is 30.3. The van der Waals surface area contributed by atoms with Gasteiger partial charge >= 0.3 is 7.60 Å². The highest BCUT2D eigenvalue weighted by atomic mass is 31.2. The lowest BCUT2D eigenvalue weighted by Gasteiger charge is -2.34. The van der Waals surface area contributed by atoms with Crippen LogP contribution in [0.3, 0.4) is 0 Å². The fourth-order valence-corrected chi connectivity index (χ4v) is 5.38. The third kappa shape index (κ3) is 10.9. The third-order valence-corrected chi connectivity index (χ3v) is 7.52. The van der Waals surface area contributed by atoms with Crippen LogP contribution in [0, 0.1) is 0 Å². The van der Waals surface area contributed by atoms with Gasteiger partial charge in [-0.1, -0.05) is 78.6 Å². The van der Waals surface area contributed by atoms with E-state index in [1.807, 2.05) is 13.8 Å². The van der Waals surface area contributed by atoms with E-state index in [9.17, 15) is 9.36 Å². The molecule has 0 N–H and O–H groups in total. The van der Waals surface area contributed by atoms with Gasteiger partial charge in [-0.2, -0.15) is 0 Å². The van der Waals surface area contributed by atoms with E-state index in [4.69, 9.17) is 13.8 Å². The SMILES string of the molecule is CCCCCCCCCC(C(=O)P(=O)(OCCCC)OCCCC)N1CCOCC1. The van der Waals surface area contributed by atoms with Crippen LogP contribution in [0.25, 0.3) is 0 Å². The van der Waals surface area contributed by atoms with Gasteiger partial charge in [0.05, 0.1) is 32.5 Å². The van der Waals surface area contributed by atoms with Crippen LogP contribution in [0.2, 0.25) is 0 Å². The number of nitrogens with zero attached hydrogens (tertiary/aromatic N) is 1. The van der Waals surface area contributed by atoms with Crippen LogP contribution in [-0.2, 0) is 23.1 Å². The van der Waals surface area contributed by atoms with Crippen LogP contribution in [0.4, 0.5) is 0 Å². The van der Waals surface area contributed by atoms with Gasteiger partial charge in [0.25, 0.3) is 5.52 Å². The summed E-state index contributed by atoms with van der Waals surface area (Å²) in [5.74, 6) is 0. The smallest absolute Gasteiger partial charge is 0.379 e. The summed E-state index contributed by atoms with van der Waals surface area (Å²) in [5.41, 5.74) is -0.345. The summed E-state index contributed by atoms with van der Waals surface area (Å²) in [7, 11) is -3.78. The molecular formula is C23H46NO5P. The lowest BCUT2D eigenvalue weighted by Crippen LogP contribution is -2.47. The van der Waals surface area contributed by atoms with E-state index in [1.165, 1.54) is 32.1 Å². The molecule has 0 bridgehead atoms. The summed E-state index contributed by atoms with van der Waals surface area (Å²) >= 11 is 0. The minimum atomic E-state index is -3.78. The lowest BCUT2D eigenvalue weighted by atomic mass is 10.0. The molecule has 1 fully saturated rings. The molecule has 6 nitrogen and oxygen atoms in total. The number of morpholine rings is 1. The number of rotatable bonds is 19. The standard InChI is InChI=1S/C23H46NO5P/c1-4-7-10-11-12-13-14-15-22(24-16-20-27-21-17-24)23(25)30(26,28-18-8-5-2)29-19-9-6-3/h22H,4-21H2,1-3H3. The zero-order valence-electron chi connectivity index (χ0n) is 19.7. The maximum Gasteiger partial charge on any atom is 0.398 e. The minimum Gasteiger partial charge on any atom is -0.379 e. The second-order valence-electron chi connectivity index (χ2n) is 8.28. The first-order chi connectivity index (χ1) is 14.6. The fourth-order valence-electron chi connectivity index (χ4n) is 3.65. The number of carbonyl (C=O) groups excluding carboxylic acids is 1. The van der Waals surface area contributed by atoms with Crippen molar-refractivity contribution < 1.29 is 23.1 Å². The number of hydrogen-bond donors (Lipinski definition) is 0. The van der Waals surface area contributed by atoms with E-state index in [0.29, 0.717) is 45.9 Å². The third-order valence-electron chi connectivity index (χ3n) is 5.64. The molecule has 0 radical (unpaired) electrons. The quantitative estimate of drug-likeness (QED) is 0.174. The Kier molecular flexibility index (Phi) is 16.0. The molecule has 0 saturated carbocycles. The van der Waals surface area contributed by atoms with Crippen molar-refractivity contribution >= 4 is 13.1 Å². The molecule has 0 aromatic heterocycles. The molecule has 0 aliphatic carbocycles. The van der Waals surface area contributed by atoms with Gasteiger partial charge in [0, 0.05) is 13.1 Å². The molecule has 1 atom stereocenters. The van der Waals surface area contributed by atoms with Gasteiger partial charge in [-0.3, -0.25) is 14.3 Å². The Morgan fingerprint density at radius 1 is 0.833 bits per heavy atom. The average molecular weight is 448 g/mol. The van der Waals surface area contributed by atoms with Crippen molar-refractivity contribution in [3.05, 3.63) is 0 Å². The van der Waals surface area contributed by atoms with Crippen LogP contribution in [0.5, 0.6) is 0 Å². The number of ether oxygens (including phenoxy) is 1. The van der Waals surface area contributed by atoms with E-state index in [0.717, 1.165) is 38.5 Å². The molecule has 1 saturated heterocycles. The molecule has 1 heterocycles. The first kappa shape index (κ1) is 27.8. The lowest BCUT2D eigenvalue weighted by molar-refractivity contribution is -0.121. The van der Waals surface area contributed by atoms with E-state index >= 15 is 0 Å². The normalized spacial score (nSPS) is 16.6. The Balaban J connectivity index is 2.75. The zero-order valence-corrected chi connectivity index (χ0v) is 20.6. The first-order valence-corrected chi connectivity index (χ1v) is 13.9. The Morgan fingerprint density at radius 2 is 1.33 bits per heavy atom. The van der Waals surface area contributed by atoms with Gasteiger partial charge in [-0.25, -0.2) is 0 Å². The largest absolute Gasteiger partial charge is 0.398 e. The Hall–Kier alpha value is -0.260. The monoisotopic (exact) mass is 447 g/mol. The van der Waals surface area contributed by atoms with Crippen LogP contribution >= 0.6 is 7.60 Å². The second-order valence-corrected chi connectivity index (χ2v) is 10.2. The maximum atomic E-state index is 13.5. The second kappa shape index (κ2) is 17.3. The molecular weight excluding hydrogens is 401 g/mol. The fraction of sp³-hybridized carbons (Fsp3) is 0.957. The topological polar surface area (TPSA) is 65.1 Å². The van der Waals surface area contributed by atoms with Crippen molar-refractivity contribution in [2.45, 2.75) is 104 Å². The van der Waals surface area contributed by atoms with E-state index in [-0.39, 0.29) is 5.52 Å². The maximum absolute atomic E-state index is 13.5. The van der Waals surface area contributed by atoms with Crippen LogP contribution < -0.4 is 0 Å². The summed E-state index contributed by atoms with van der Waals surface area (Å²) in [6.07, 6.45) is 12.5. The van der Waals surface area contributed by atoms with E-state index in [2.05, 4.69) is 11.8 Å². The molecule has 1 unspecified atom stereocenters. The molecule has 0 amide bonds. The summed E-state index contributed by atoms with van der Waals surface area (Å²) in [6, 6.07) is -0.404. The van der Waals surface area contributed by atoms with Gasteiger partial charge in [0.15, 0.2) is 0 Å². The number of hydrogen-bond acceptors (Lipinski definition) is 6. The Labute approximate surface area is 184 Å². The van der Waals surface area contributed by atoms with Crippen LogP contribution in [0.15, 0.2) is 0 Å². The summed E-state index contributed by atoms with van der Waals surface area (Å²) in [6.45, 7) is 9.53. The molecule has 178 valence electrons. The summed E-state index contributed by atoms with van der Waals surface area (Å²) in [4.78, 5) is 15.6. The highest BCUT2D eigenvalue weighted by Gasteiger charge is 2.42. The van der Waals surface area contributed by atoms with Crippen LogP contribution in [0.1, 0.15) is 97.8 Å². The van der Waals surface area contributed by atoms with E-state index in [1.54, 1.807) is 0 Å². The molecule has 1 aliphatic rings. The number of carbonyl (C=O) groups is 1. The average Bonchev–Trinajstić information content (AvgIpc) is 2.76. The van der Waals surface area contributed by atoms with Crippen molar-refractivity contribution in [2.24, 2.45) is 0 Å². The minimum absolute atomic E-state index is 0.304. The van der Waals surface area contributed by atoms with Gasteiger partial charge in [0.1, 0.15) is 0 Å². The Morgan fingerprint density at radius 3 is 1.87 bits per heavy atom. The molecule has 0 aromatic carbocycles. The molecule has 0 aromatic rings. The van der Waals surface area contributed by atoms with Gasteiger partial charge in [-0.15, -0.1) is 0 Å². The van der Waals surface area contributed by atoms with Crippen molar-refractivity contribution in [2.75, 3.05) is 39.5 Å². The molecule has 1 rings (SSSR count). The van der Waals surface area contributed by atoms with Crippen molar-refractivity contribution in [3.63, 3.8) is 0 Å². The Bertz CT molecular complexity index is 468. The predicted octanol–water partition coefficient (Wildman–Crippen LogP) is 6.18. The molecule has 30 heavy (non-hydrogen) atoms. The molecule has 1 aliphatic heterocycles. The van der Waals surface area contributed by atoms with Gasteiger partial charge < -0.3 is 13.8 Å². The molecule has 7 heteroatoms. The first-order valence-electron chi connectivity index (χ1n) is 12.3. The van der Waals surface area contributed by atoms with Gasteiger partial charge in [0.2, 0.25) is 0 Å². The van der Waals surface area contributed by atoms with Crippen molar-refractivity contribution in [3.8, 4) is 0 Å². The van der Waals surface area contributed by atoms with E-state index < -0.39 is 13.6 Å². The summed E-state index contributed by atoms with van der Waals surface area (Å²) in [5, 5.41) is 0. The highest BCUT2D eigenvalue weighted by Crippen LogP contribution is 2.51.